The van der Waals surface area contributed by atoms with E-state index in [-0.39, 0.29) is 12.1 Å². The highest BCUT2D eigenvalue weighted by atomic mass is 16.5. The lowest BCUT2D eigenvalue weighted by molar-refractivity contribution is 0.112. The minimum Gasteiger partial charge on any atom is -0.495 e. The predicted molar refractivity (Wildman–Crippen MR) is 75.6 cm³/mol. The maximum Gasteiger partial charge on any atom is 0.141 e. The van der Waals surface area contributed by atoms with Crippen LogP contribution >= 0.6 is 0 Å². The number of hydrogen-bond acceptors (Lipinski definition) is 4. The number of aliphatic hydroxyl groups excluding tert-OH is 1. The smallest absolute Gasteiger partial charge is 0.141 e. The van der Waals surface area contributed by atoms with Crippen LogP contribution in [0, 0.1) is 5.92 Å². The van der Waals surface area contributed by atoms with Gasteiger partial charge in [-0.05, 0) is 37.4 Å². The van der Waals surface area contributed by atoms with Crippen molar-refractivity contribution >= 4 is 5.69 Å². The molecule has 0 aliphatic carbocycles. The molecule has 2 heterocycles. The first-order chi connectivity index (χ1) is 9.27. The van der Waals surface area contributed by atoms with Gasteiger partial charge in [-0.25, -0.2) is 0 Å². The average molecular weight is 262 g/mol. The number of hydrogen-bond donors (Lipinski definition) is 2. The molecule has 0 radical (unpaired) electrons. The molecule has 1 aromatic carbocycles. The third-order valence-corrected chi connectivity index (χ3v) is 4.70. The molecular formula is C15H22N2O2. The average Bonchev–Trinajstić information content (AvgIpc) is 2.87. The summed E-state index contributed by atoms with van der Waals surface area (Å²) < 4.78 is 5.40. The van der Waals surface area contributed by atoms with Crippen LogP contribution in [-0.2, 0) is 0 Å². The minimum atomic E-state index is -0.193. The molecule has 2 fully saturated rings. The second-order valence-electron chi connectivity index (χ2n) is 5.68. The molecule has 0 amide bonds. The molecule has 19 heavy (non-hydrogen) atoms. The fraction of sp³-hybridized carbons (Fsp3) is 0.600. The Morgan fingerprint density at radius 2 is 2.26 bits per heavy atom. The van der Waals surface area contributed by atoms with Crippen LogP contribution in [-0.4, -0.2) is 48.9 Å². The Kier molecular flexibility index (Phi) is 3.37. The fourth-order valence-corrected chi connectivity index (χ4v) is 3.48. The van der Waals surface area contributed by atoms with Crippen molar-refractivity contribution < 1.29 is 9.84 Å². The van der Waals surface area contributed by atoms with Crippen LogP contribution in [0.25, 0.3) is 0 Å². The fourth-order valence-electron chi connectivity index (χ4n) is 3.48. The van der Waals surface area contributed by atoms with Gasteiger partial charge in [-0.3, -0.25) is 0 Å². The number of piperidine rings is 1. The van der Waals surface area contributed by atoms with Crippen LogP contribution < -0.4 is 10.1 Å². The summed E-state index contributed by atoms with van der Waals surface area (Å²) in [6.07, 6.45) is 2.16. The molecule has 4 heteroatoms. The summed E-state index contributed by atoms with van der Waals surface area (Å²) >= 11 is 0. The summed E-state index contributed by atoms with van der Waals surface area (Å²) in [5.41, 5.74) is 0.793. The van der Waals surface area contributed by atoms with Crippen LogP contribution in [0.3, 0.4) is 0 Å². The number of aliphatic hydroxyl groups is 1. The molecule has 4 nitrogen and oxygen atoms in total. The zero-order valence-electron chi connectivity index (χ0n) is 11.4. The number of nitrogens with zero attached hydrogens (tertiary/aromatic N) is 1. The number of benzene rings is 1. The maximum atomic E-state index is 9.96. The molecule has 3 rings (SSSR count). The van der Waals surface area contributed by atoms with Crippen LogP contribution in [0.2, 0.25) is 0 Å². The Morgan fingerprint density at radius 1 is 1.42 bits per heavy atom. The summed E-state index contributed by atoms with van der Waals surface area (Å²) in [7, 11) is 1.68. The first-order valence-corrected chi connectivity index (χ1v) is 7.02. The van der Waals surface area contributed by atoms with Crippen molar-refractivity contribution in [3.63, 3.8) is 0 Å². The summed E-state index contributed by atoms with van der Waals surface area (Å²) in [6.45, 7) is 3.52. The first-order valence-electron chi connectivity index (χ1n) is 7.02. The third-order valence-electron chi connectivity index (χ3n) is 4.70. The minimum absolute atomic E-state index is 0.184. The van der Waals surface area contributed by atoms with E-state index in [4.69, 9.17) is 4.74 Å². The summed E-state index contributed by atoms with van der Waals surface area (Å²) in [6, 6.07) is 7.95. The number of para-hydroxylation sites is 2. The van der Waals surface area contributed by atoms with Crippen LogP contribution in [0.5, 0.6) is 5.75 Å². The Bertz CT molecular complexity index is 452. The molecular weight excluding hydrogens is 240 g/mol. The van der Waals surface area contributed by atoms with Gasteiger partial charge in [0.2, 0.25) is 0 Å². The van der Waals surface area contributed by atoms with E-state index in [0.717, 1.165) is 30.9 Å². The van der Waals surface area contributed by atoms with Crippen molar-refractivity contribution in [3.8, 4) is 5.75 Å². The lowest BCUT2D eigenvalue weighted by Crippen LogP contribution is -2.54. The van der Waals surface area contributed by atoms with Gasteiger partial charge in [-0.15, -0.1) is 0 Å². The molecule has 2 saturated heterocycles. The van der Waals surface area contributed by atoms with E-state index >= 15 is 0 Å². The molecule has 104 valence electrons. The van der Waals surface area contributed by atoms with Crippen LogP contribution in [0.1, 0.15) is 12.8 Å². The Balaban J connectivity index is 1.86. The van der Waals surface area contributed by atoms with E-state index in [1.165, 1.54) is 13.0 Å². The Morgan fingerprint density at radius 3 is 3.05 bits per heavy atom. The van der Waals surface area contributed by atoms with Gasteiger partial charge < -0.3 is 20.1 Å². The SMILES string of the molecule is COc1ccccc1NC1(CO)CCN2CCC1C2. The summed E-state index contributed by atoms with van der Waals surface area (Å²) in [4.78, 5) is 2.49. The zero-order valence-corrected chi connectivity index (χ0v) is 11.4. The molecule has 3 unspecified atom stereocenters. The topological polar surface area (TPSA) is 44.7 Å². The number of nitrogens with one attached hydrogen (secondary N) is 1. The van der Waals surface area contributed by atoms with Gasteiger partial charge in [0.05, 0.1) is 24.9 Å². The molecule has 2 aliphatic heterocycles. The van der Waals surface area contributed by atoms with Gasteiger partial charge in [-0.2, -0.15) is 0 Å². The number of fused-ring (bicyclic) bond motifs is 2. The van der Waals surface area contributed by atoms with Crippen LogP contribution in [0.15, 0.2) is 24.3 Å². The monoisotopic (exact) mass is 262 g/mol. The lowest BCUT2D eigenvalue weighted by atomic mass is 9.79. The highest BCUT2D eigenvalue weighted by molar-refractivity contribution is 5.58. The van der Waals surface area contributed by atoms with Crippen molar-refractivity contribution in [2.75, 3.05) is 38.7 Å². The van der Waals surface area contributed by atoms with Crippen molar-refractivity contribution in [2.24, 2.45) is 5.92 Å². The van der Waals surface area contributed by atoms with E-state index < -0.39 is 0 Å². The van der Waals surface area contributed by atoms with Gasteiger partial charge in [0, 0.05) is 13.1 Å². The largest absolute Gasteiger partial charge is 0.495 e. The van der Waals surface area contributed by atoms with E-state index in [1.807, 2.05) is 24.3 Å². The molecule has 2 aliphatic rings. The molecule has 2 N–H and O–H groups in total. The molecule has 3 atom stereocenters. The first kappa shape index (κ1) is 12.8. The van der Waals surface area contributed by atoms with Gasteiger partial charge in [0.15, 0.2) is 0 Å². The van der Waals surface area contributed by atoms with E-state index in [0.29, 0.717) is 5.92 Å². The second-order valence-corrected chi connectivity index (χ2v) is 5.68. The van der Waals surface area contributed by atoms with Crippen molar-refractivity contribution in [1.82, 2.24) is 4.90 Å². The van der Waals surface area contributed by atoms with E-state index in [1.54, 1.807) is 7.11 Å². The molecule has 0 aromatic heterocycles. The van der Waals surface area contributed by atoms with Crippen LogP contribution in [0.4, 0.5) is 5.69 Å². The van der Waals surface area contributed by atoms with Gasteiger partial charge >= 0.3 is 0 Å². The van der Waals surface area contributed by atoms with Gasteiger partial charge in [0.1, 0.15) is 5.75 Å². The number of rotatable bonds is 4. The molecule has 0 spiro atoms. The third kappa shape index (κ3) is 2.19. The lowest BCUT2D eigenvalue weighted by Gasteiger charge is -2.43. The van der Waals surface area contributed by atoms with E-state index in [2.05, 4.69) is 10.2 Å². The highest BCUT2D eigenvalue weighted by Gasteiger charge is 2.46. The van der Waals surface area contributed by atoms with E-state index in [9.17, 15) is 5.11 Å². The Labute approximate surface area is 114 Å². The normalized spacial score (nSPS) is 33.2. The van der Waals surface area contributed by atoms with Crippen molar-refractivity contribution in [2.45, 2.75) is 18.4 Å². The molecule has 2 bridgehead atoms. The summed E-state index contributed by atoms with van der Waals surface area (Å²) in [5, 5.41) is 13.6. The number of anilines is 1. The van der Waals surface area contributed by atoms with Crippen molar-refractivity contribution in [3.05, 3.63) is 24.3 Å². The Hall–Kier alpha value is -1.26. The van der Waals surface area contributed by atoms with Gasteiger partial charge in [0.25, 0.3) is 0 Å². The molecule has 0 saturated carbocycles. The second kappa shape index (κ2) is 5.02. The quantitative estimate of drug-likeness (QED) is 0.864. The molecule has 1 aromatic rings. The highest BCUT2D eigenvalue weighted by Crippen LogP contribution is 2.39. The van der Waals surface area contributed by atoms with Gasteiger partial charge in [-0.1, -0.05) is 12.1 Å². The maximum absolute atomic E-state index is 9.96. The zero-order chi connectivity index (χ0) is 13.3. The number of ether oxygens (including phenoxy) is 1. The standard InChI is InChI=1S/C15H22N2O2/c1-19-14-5-3-2-4-13(14)16-15(11-18)7-9-17-8-6-12(15)10-17/h2-5,12,16,18H,6-11H2,1H3. The summed E-state index contributed by atoms with van der Waals surface area (Å²) in [5.74, 6) is 1.37. The predicted octanol–water partition coefficient (Wildman–Crippen LogP) is 1.56. The number of methoxy groups -OCH3 is 1. The van der Waals surface area contributed by atoms with Crippen molar-refractivity contribution in [1.29, 1.82) is 0 Å².